The summed E-state index contributed by atoms with van der Waals surface area (Å²) in [5.41, 5.74) is 2.75. The van der Waals surface area contributed by atoms with E-state index in [0.717, 1.165) is 16.7 Å². The van der Waals surface area contributed by atoms with Gasteiger partial charge in [-0.25, -0.2) is 0 Å². The summed E-state index contributed by atoms with van der Waals surface area (Å²) in [5.74, 6) is 1.50. The molecule has 154 valence electrons. The van der Waals surface area contributed by atoms with Crippen LogP contribution >= 0.6 is 0 Å². The van der Waals surface area contributed by atoms with Crippen molar-refractivity contribution in [2.45, 2.75) is 19.8 Å². The van der Waals surface area contributed by atoms with Crippen LogP contribution in [0.3, 0.4) is 0 Å². The van der Waals surface area contributed by atoms with Crippen LogP contribution in [-0.2, 0) is 11.2 Å². The molecule has 0 N–H and O–H groups in total. The van der Waals surface area contributed by atoms with Crippen LogP contribution in [0.4, 0.5) is 0 Å². The molecule has 29 heavy (non-hydrogen) atoms. The van der Waals surface area contributed by atoms with E-state index in [2.05, 4.69) is 0 Å². The molecule has 0 spiro atoms. The Hall–Kier alpha value is -3.02. The van der Waals surface area contributed by atoms with Gasteiger partial charge >= 0.3 is 0 Å². The zero-order chi connectivity index (χ0) is 20.8. The molecule has 1 heterocycles. The summed E-state index contributed by atoms with van der Waals surface area (Å²) in [7, 11) is 3.20. The topological polar surface area (TPSA) is 59.1 Å². The van der Waals surface area contributed by atoms with Crippen LogP contribution in [0.5, 0.6) is 11.5 Å². The molecule has 0 aromatic heterocycles. The molecule has 1 saturated heterocycles. The van der Waals surface area contributed by atoms with E-state index in [1.807, 2.05) is 59.2 Å². The van der Waals surface area contributed by atoms with Crippen molar-refractivity contribution in [3.8, 4) is 11.5 Å². The number of nitrogens with zero attached hydrogens (tertiary/aromatic N) is 2. The number of rotatable bonds is 6. The lowest BCUT2D eigenvalue weighted by atomic mass is 10.1. The predicted octanol–water partition coefficient (Wildman–Crippen LogP) is 2.93. The molecule has 2 aromatic rings. The van der Waals surface area contributed by atoms with Gasteiger partial charge in [0.1, 0.15) is 0 Å². The minimum absolute atomic E-state index is 0.0422. The second-order valence-electron chi connectivity index (χ2n) is 7.18. The molecule has 6 heteroatoms. The monoisotopic (exact) mass is 396 g/mol. The number of amides is 2. The van der Waals surface area contributed by atoms with Crippen LogP contribution in [0.25, 0.3) is 0 Å². The molecule has 3 rings (SSSR count). The van der Waals surface area contributed by atoms with Gasteiger partial charge in [-0.1, -0.05) is 24.3 Å². The Balaban J connectivity index is 1.51. The van der Waals surface area contributed by atoms with E-state index in [9.17, 15) is 9.59 Å². The first-order chi connectivity index (χ1) is 14.0. The highest BCUT2D eigenvalue weighted by atomic mass is 16.5. The van der Waals surface area contributed by atoms with E-state index >= 15 is 0 Å². The number of carbonyl (C=O) groups excluding carboxylic acids is 2. The van der Waals surface area contributed by atoms with Crippen LogP contribution in [-0.4, -0.2) is 62.0 Å². The molecule has 2 aromatic carbocycles. The van der Waals surface area contributed by atoms with Gasteiger partial charge in [-0.05, 0) is 42.7 Å². The van der Waals surface area contributed by atoms with Crippen molar-refractivity contribution in [2.24, 2.45) is 0 Å². The van der Waals surface area contributed by atoms with Crippen molar-refractivity contribution >= 4 is 11.8 Å². The smallest absolute Gasteiger partial charge is 0.254 e. The number of ether oxygens (including phenoxy) is 2. The standard InChI is InChI=1S/C23H28N2O4/c1-17-6-4-5-7-19(17)23(27)25-14-12-24(13-15-25)22(26)11-9-18-8-10-20(28-2)21(16-18)29-3/h4-8,10,16H,9,11-15H2,1-3H3. The van der Waals surface area contributed by atoms with Crippen molar-refractivity contribution in [1.29, 1.82) is 0 Å². The maximum atomic E-state index is 12.7. The van der Waals surface area contributed by atoms with Gasteiger partial charge < -0.3 is 19.3 Å². The van der Waals surface area contributed by atoms with Gasteiger partial charge in [0.15, 0.2) is 11.5 Å². The van der Waals surface area contributed by atoms with E-state index in [-0.39, 0.29) is 11.8 Å². The van der Waals surface area contributed by atoms with Gasteiger partial charge in [0.2, 0.25) is 5.91 Å². The van der Waals surface area contributed by atoms with Crippen LogP contribution in [0.1, 0.15) is 27.9 Å². The molecule has 0 saturated carbocycles. The summed E-state index contributed by atoms with van der Waals surface area (Å²) in [6.07, 6.45) is 1.07. The number of aryl methyl sites for hydroxylation is 2. The highest BCUT2D eigenvalue weighted by Gasteiger charge is 2.25. The lowest BCUT2D eigenvalue weighted by molar-refractivity contribution is -0.132. The summed E-state index contributed by atoms with van der Waals surface area (Å²) in [6.45, 7) is 4.22. The molecular formula is C23H28N2O4. The highest BCUT2D eigenvalue weighted by Crippen LogP contribution is 2.28. The summed E-state index contributed by atoms with van der Waals surface area (Å²) in [4.78, 5) is 29.0. The van der Waals surface area contributed by atoms with Gasteiger partial charge in [0, 0.05) is 38.2 Å². The fraction of sp³-hybridized carbons (Fsp3) is 0.391. The Kier molecular flexibility index (Phi) is 6.75. The summed E-state index contributed by atoms with van der Waals surface area (Å²) < 4.78 is 10.6. The number of benzene rings is 2. The van der Waals surface area contributed by atoms with Crippen molar-refractivity contribution < 1.29 is 19.1 Å². The number of carbonyl (C=O) groups is 2. The largest absolute Gasteiger partial charge is 0.493 e. The molecule has 1 aliphatic rings. The molecule has 0 aliphatic carbocycles. The zero-order valence-electron chi connectivity index (χ0n) is 17.3. The number of hydrogen-bond acceptors (Lipinski definition) is 4. The minimum Gasteiger partial charge on any atom is -0.493 e. The average Bonchev–Trinajstić information content (AvgIpc) is 2.77. The molecule has 2 amide bonds. The van der Waals surface area contributed by atoms with E-state index in [0.29, 0.717) is 50.5 Å². The van der Waals surface area contributed by atoms with Crippen molar-refractivity contribution in [1.82, 2.24) is 9.80 Å². The predicted molar refractivity (Wildman–Crippen MR) is 112 cm³/mol. The van der Waals surface area contributed by atoms with Crippen molar-refractivity contribution in [2.75, 3.05) is 40.4 Å². The summed E-state index contributed by atoms with van der Waals surface area (Å²) in [5, 5.41) is 0. The second kappa shape index (κ2) is 9.45. The molecule has 1 fully saturated rings. The van der Waals surface area contributed by atoms with E-state index in [1.165, 1.54) is 0 Å². The number of methoxy groups -OCH3 is 2. The lowest BCUT2D eigenvalue weighted by Gasteiger charge is -2.35. The SMILES string of the molecule is COc1ccc(CCC(=O)N2CCN(C(=O)c3ccccc3C)CC2)cc1OC. The normalized spacial score (nSPS) is 13.9. The molecule has 0 unspecified atom stereocenters. The fourth-order valence-electron chi connectivity index (χ4n) is 3.59. The lowest BCUT2D eigenvalue weighted by Crippen LogP contribution is -2.50. The Morgan fingerprint density at radius 3 is 2.21 bits per heavy atom. The molecule has 1 aliphatic heterocycles. The number of piperazine rings is 1. The van der Waals surface area contributed by atoms with Gasteiger partial charge in [0.25, 0.3) is 5.91 Å². The fourth-order valence-corrected chi connectivity index (χ4v) is 3.59. The van der Waals surface area contributed by atoms with Gasteiger partial charge in [-0.3, -0.25) is 9.59 Å². The van der Waals surface area contributed by atoms with Gasteiger partial charge in [-0.15, -0.1) is 0 Å². The van der Waals surface area contributed by atoms with E-state index in [4.69, 9.17) is 9.47 Å². The van der Waals surface area contributed by atoms with E-state index < -0.39 is 0 Å². The van der Waals surface area contributed by atoms with Gasteiger partial charge in [0.05, 0.1) is 14.2 Å². The third kappa shape index (κ3) is 4.88. The van der Waals surface area contributed by atoms with Gasteiger partial charge in [-0.2, -0.15) is 0 Å². The van der Waals surface area contributed by atoms with E-state index in [1.54, 1.807) is 14.2 Å². The molecular weight excluding hydrogens is 368 g/mol. The maximum Gasteiger partial charge on any atom is 0.254 e. The van der Waals surface area contributed by atoms with Crippen LogP contribution in [0.15, 0.2) is 42.5 Å². The Labute approximate surface area is 172 Å². The summed E-state index contributed by atoms with van der Waals surface area (Å²) >= 11 is 0. The highest BCUT2D eigenvalue weighted by molar-refractivity contribution is 5.95. The average molecular weight is 396 g/mol. The van der Waals surface area contributed by atoms with Crippen molar-refractivity contribution in [3.05, 3.63) is 59.2 Å². The zero-order valence-corrected chi connectivity index (χ0v) is 17.3. The molecule has 6 nitrogen and oxygen atoms in total. The first kappa shape index (κ1) is 20.7. The van der Waals surface area contributed by atoms with Crippen LogP contribution in [0.2, 0.25) is 0 Å². The minimum atomic E-state index is 0.0422. The van der Waals surface area contributed by atoms with Crippen LogP contribution in [0, 0.1) is 6.92 Å². The number of hydrogen-bond donors (Lipinski definition) is 0. The molecule has 0 radical (unpaired) electrons. The molecule has 0 atom stereocenters. The first-order valence-corrected chi connectivity index (χ1v) is 9.87. The second-order valence-corrected chi connectivity index (χ2v) is 7.18. The third-order valence-electron chi connectivity index (χ3n) is 5.37. The van der Waals surface area contributed by atoms with Crippen LogP contribution < -0.4 is 9.47 Å². The van der Waals surface area contributed by atoms with Crippen molar-refractivity contribution in [3.63, 3.8) is 0 Å². The third-order valence-corrected chi connectivity index (χ3v) is 5.37. The summed E-state index contributed by atoms with van der Waals surface area (Å²) in [6, 6.07) is 13.3. The maximum absolute atomic E-state index is 12.7. The quantitative estimate of drug-likeness (QED) is 0.753. The Morgan fingerprint density at radius 2 is 1.55 bits per heavy atom. The molecule has 0 bridgehead atoms. The Bertz CT molecular complexity index is 873. The Morgan fingerprint density at radius 1 is 0.897 bits per heavy atom. The first-order valence-electron chi connectivity index (χ1n) is 9.87.